The number of Topliss-reactive ketones (excluding diaryl/α,β-unsaturated/α-hetero) is 1. The van der Waals surface area contributed by atoms with Gasteiger partial charge >= 0.3 is 6.09 Å². The zero-order valence-electron chi connectivity index (χ0n) is 29.5. The van der Waals surface area contributed by atoms with Gasteiger partial charge in [-0.25, -0.2) is 4.79 Å². The number of aliphatic hydroxyl groups excluding tert-OH is 1. The minimum atomic E-state index is -1.23. The number of benzene rings is 2. The summed E-state index contributed by atoms with van der Waals surface area (Å²) in [5.41, 5.74) is -0.635. The van der Waals surface area contributed by atoms with E-state index in [0.29, 0.717) is 29.9 Å². The van der Waals surface area contributed by atoms with Gasteiger partial charge in [0.15, 0.2) is 5.78 Å². The topological polar surface area (TPSA) is 106 Å². The van der Waals surface area contributed by atoms with E-state index in [4.69, 9.17) is 14.2 Å². The van der Waals surface area contributed by atoms with E-state index in [2.05, 4.69) is 32.1 Å². The summed E-state index contributed by atoms with van der Waals surface area (Å²) in [6, 6.07) is 15.0. The van der Waals surface area contributed by atoms with E-state index in [1.165, 1.54) is 0 Å². The summed E-state index contributed by atoms with van der Waals surface area (Å²) < 4.78 is 16.6. The minimum absolute atomic E-state index is 0.0274. The van der Waals surface area contributed by atoms with E-state index in [1.807, 2.05) is 42.5 Å². The zero-order valence-corrected chi connectivity index (χ0v) is 29.5. The molecule has 2 bridgehead atoms. The van der Waals surface area contributed by atoms with Crippen LogP contribution < -0.4 is 9.47 Å². The smallest absolute Gasteiger partial charge is 0.410 e. The van der Waals surface area contributed by atoms with Gasteiger partial charge in [0.25, 0.3) is 0 Å². The van der Waals surface area contributed by atoms with Crippen LogP contribution in [0.1, 0.15) is 81.6 Å². The molecule has 8 heteroatoms. The van der Waals surface area contributed by atoms with Crippen LogP contribution in [0.25, 0.3) is 0 Å². The van der Waals surface area contributed by atoms with Gasteiger partial charge in [-0.15, -0.1) is 0 Å². The lowest BCUT2D eigenvalue weighted by Crippen LogP contribution is -2.67. The Morgan fingerprint density at radius 1 is 0.918 bits per heavy atom. The Balaban J connectivity index is 1.29. The Labute approximate surface area is 290 Å². The van der Waals surface area contributed by atoms with E-state index in [-0.39, 0.29) is 42.7 Å². The third kappa shape index (κ3) is 4.84. The molecular formula is C41H51NO7. The fourth-order valence-electron chi connectivity index (χ4n) is 11.2. The number of amides is 1. The highest BCUT2D eigenvalue weighted by atomic mass is 16.6. The summed E-state index contributed by atoms with van der Waals surface area (Å²) in [7, 11) is 3.19. The van der Waals surface area contributed by atoms with Crippen LogP contribution in [-0.4, -0.2) is 66.1 Å². The molecule has 8 atom stereocenters. The van der Waals surface area contributed by atoms with Gasteiger partial charge < -0.3 is 29.3 Å². The molecule has 0 radical (unpaired) electrons. The maximum Gasteiger partial charge on any atom is 0.410 e. The van der Waals surface area contributed by atoms with Crippen LogP contribution >= 0.6 is 0 Å². The quantitative estimate of drug-likeness (QED) is 0.216. The second-order valence-corrected chi connectivity index (χ2v) is 15.7. The molecule has 262 valence electrons. The molecule has 0 heterocycles. The summed E-state index contributed by atoms with van der Waals surface area (Å²) in [5.74, 6) is 1.44. The molecule has 2 aromatic rings. The van der Waals surface area contributed by atoms with Crippen molar-refractivity contribution in [3.8, 4) is 11.5 Å². The number of hydrogen-bond acceptors (Lipinski definition) is 7. The number of hydrogen-bond donors (Lipinski definition) is 2. The van der Waals surface area contributed by atoms with Gasteiger partial charge in [-0.05, 0) is 81.3 Å². The summed E-state index contributed by atoms with van der Waals surface area (Å²) >= 11 is 0. The molecule has 2 aromatic carbocycles. The predicted octanol–water partition coefficient (Wildman–Crippen LogP) is 7.14. The van der Waals surface area contributed by atoms with Gasteiger partial charge in [0, 0.05) is 39.0 Å². The van der Waals surface area contributed by atoms with E-state index < -0.39 is 34.0 Å². The maximum atomic E-state index is 14.7. The largest absolute Gasteiger partial charge is 0.497 e. The number of allylic oxidation sites excluding steroid dienone is 4. The van der Waals surface area contributed by atoms with Crippen LogP contribution in [0.4, 0.5) is 4.79 Å². The predicted molar refractivity (Wildman–Crippen MR) is 186 cm³/mol. The van der Waals surface area contributed by atoms with E-state index in [1.54, 1.807) is 32.1 Å². The van der Waals surface area contributed by atoms with Gasteiger partial charge in [0.05, 0.1) is 45.6 Å². The van der Waals surface area contributed by atoms with Crippen LogP contribution in [-0.2, 0) is 11.3 Å². The molecule has 2 spiro atoms. The Morgan fingerprint density at radius 2 is 1.63 bits per heavy atom. The van der Waals surface area contributed by atoms with Crippen molar-refractivity contribution in [3.05, 3.63) is 83.5 Å². The third-order valence-corrected chi connectivity index (χ3v) is 13.8. The third-order valence-electron chi connectivity index (χ3n) is 13.8. The number of methoxy groups -OCH3 is 2. The van der Waals surface area contributed by atoms with Gasteiger partial charge in [0.1, 0.15) is 11.5 Å². The molecule has 0 saturated heterocycles. The van der Waals surface area contributed by atoms with Crippen LogP contribution in [0, 0.1) is 33.5 Å². The summed E-state index contributed by atoms with van der Waals surface area (Å²) in [6.07, 6.45) is 11.1. The van der Waals surface area contributed by atoms with E-state index in [9.17, 15) is 19.8 Å². The number of aliphatic hydroxyl groups is 2. The van der Waals surface area contributed by atoms with Gasteiger partial charge in [-0.1, -0.05) is 62.4 Å². The zero-order chi connectivity index (χ0) is 34.8. The monoisotopic (exact) mass is 669 g/mol. The molecular weight excluding hydrogens is 618 g/mol. The lowest BCUT2D eigenvalue weighted by molar-refractivity contribution is -0.175. The number of fused-ring (bicyclic) bond motifs is 1. The van der Waals surface area contributed by atoms with Gasteiger partial charge in [0.2, 0.25) is 0 Å². The molecule has 8 rings (SSSR count). The molecule has 0 aliphatic heterocycles. The normalized spacial score (nSPS) is 37.0. The highest BCUT2D eigenvalue weighted by Gasteiger charge is 2.74. The number of carbonyl (C=O) groups is 2. The maximum absolute atomic E-state index is 14.7. The van der Waals surface area contributed by atoms with Crippen LogP contribution in [0.2, 0.25) is 0 Å². The molecule has 8 unspecified atom stereocenters. The number of rotatable bonds is 9. The van der Waals surface area contributed by atoms with Crippen LogP contribution in [0.3, 0.4) is 0 Å². The molecule has 6 aliphatic rings. The number of nitrogens with zero attached hydrogens (tertiary/aromatic N) is 1. The molecule has 2 N–H and O–H groups in total. The van der Waals surface area contributed by atoms with E-state index >= 15 is 0 Å². The second kappa shape index (κ2) is 12.0. The molecule has 49 heavy (non-hydrogen) atoms. The first-order chi connectivity index (χ1) is 23.4. The first-order valence-electron chi connectivity index (χ1n) is 18.0. The van der Waals surface area contributed by atoms with Gasteiger partial charge in [-0.2, -0.15) is 0 Å². The molecule has 0 aromatic heterocycles. The molecule has 8 nitrogen and oxygen atoms in total. The summed E-state index contributed by atoms with van der Waals surface area (Å²) in [4.78, 5) is 29.9. The summed E-state index contributed by atoms with van der Waals surface area (Å²) in [6.45, 7) is 6.87. The van der Waals surface area contributed by atoms with Crippen molar-refractivity contribution in [3.63, 3.8) is 0 Å². The minimum Gasteiger partial charge on any atom is -0.497 e. The van der Waals surface area contributed by atoms with Crippen LogP contribution in [0.5, 0.6) is 11.5 Å². The van der Waals surface area contributed by atoms with E-state index in [0.717, 1.165) is 43.2 Å². The average molecular weight is 670 g/mol. The van der Waals surface area contributed by atoms with Crippen molar-refractivity contribution in [2.24, 2.45) is 33.5 Å². The van der Waals surface area contributed by atoms with Crippen molar-refractivity contribution in [2.75, 3.05) is 27.4 Å². The van der Waals surface area contributed by atoms with Crippen molar-refractivity contribution >= 4 is 11.9 Å². The standard InChI is InChI=1S/C41H51NO7/c1-6-49-36(45)42(25-28-12-13-30(47-4)22-32(28)48-5)26-40(46)19-16-34-38(40,3)18-15-33-37(2)17-14-29(43)23-39(37)20-21-41(33,34)31(24-39)35(44)27-10-8-7-9-11-27/h7-13,20-22,24,29,33-34,43,46H,6,14-19,23,25-26H2,1-5H3. The Bertz CT molecular complexity index is 1690. The molecule has 6 aliphatic carbocycles. The molecule has 1 amide bonds. The SMILES string of the molecule is CCOC(=O)N(Cc1ccc(OC)cc1OC)CC1(O)CCC2C34C=CC5(C=C3C(=O)c3ccccc3)CC(O)CCC5(C)C4CCC21C. The lowest BCUT2D eigenvalue weighted by atomic mass is 9.32. The Kier molecular flexibility index (Phi) is 8.30. The number of carbonyl (C=O) groups excluding carboxylic acids is 2. The lowest BCUT2D eigenvalue weighted by Gasteiger charge is -2.71. The summed E-state index contributed by atoms with van der Waals surface area (Å²) in [5, 5.41) is 23.9. The molecule has 3 saturated carbocycles. The fraction of sp³-hybridized carbons (Fsp3) is 0.561. The van der Waals surface area contributed by atoms with Gasteiger partial charge in [-0.3, -0.25) is 4.79 Å². The first kappa shape index (κ1) is 33.9. The van der Waals surface area contributed by atoms with Crippen molar-refractivity contribution < 1.29 is 34.0 Å². The highest BCUT2D eigenvalue weighted by molar-refractivity contribution is 6.10. The fourth-order valence-corrected chi connectivity index (χ4v) is 11.2. The first-order valence-corrected chi connectivity index (χ1v) is 18.0. The van der Waals surface area contributed by atoms with Crippen molar-refractivity contribution in [2.45, 2.75) is 84.0 Å². The van der Waals surface area contributed by atoms with Crippen molar-refractivity contribution in [1.82, 2.24) is 4.90 Å². The number of ether oxygens (including phenoxy) is 3. The Morgan fingerprint density at radius 3 is 2.35 bits per heavy atom. The van der Waals surface area contributed by atoms with Crippen molar-refractivity contribution in [1.29, 1.82) is 0 Å². The molecule has 3 fully saturated rings. The Hall–Kier alpha value is -3.62. The average Bonchev–Trinajstić information content (AvgIpc) is 3.38. The second-order valence-electron chi connectivity index (χ2n) is 15.7. The highest BCUT2D eigenvalue weighted by Crippen LogP contribution is 2.78. The number of ketones is 1. The van der Waals surface area contributed by atoms with Crippen LogP contribution in [0.15, 0.2) is 72.3 Å².